The van der Waals surface area contributed by atoms with Crippen LogP contribution in [0.1, 0.15) is 23.0 Å². The molecule has 5 heteroatoms. The Balaban J connectivity index is 2.08. The Morgan fingerprint density at radius 1 is 1.33 bits per heavy atom. The molecule has 0 radical (unpaired) electrons. The lowest BCUT2D eigenvalue weighted by Crippen LogP contribution is -2.18. The first-order valence-corrected chi connectivity index (χ1v) is 5.41. The molecule has 1 aromatic heterocycles. The highest BCUT2D eigenvalue weighted by Gasteiger charge is 2.07. The van der Waals surface area contributed by atoms with E-state index in [-0.39, 0.29) is 11.7 Å². The minimum absolute atomic E-state index is 0.221. The Hall–Kier alpha value is -2.56. The fraction of sp³-hybridized carbons (Fsp3) is 0.0769. The van der Waals surface area contributed by atoms with Crippen LogP contribution < -0.4 is 11.2 Å². The van der Waals surface area contributed by atoms with E-state index < -0.39 is 0 Å². The van der Waals surface area contributed by atoms with Gasteiger partial charge in [-0.05, 0) is 36.8 Å². The summed E-state index contributed by atoms with van der Waals surface area (Å²) in [6, 6.07) is 10.5. The van der Waals surface area contributed by atoms with Gasteiger partial charge in [0.05, 0.1) is 12.0 Å². The molecule has 0 bridgehead atoms. The lowest BCUT2D eigenvalue weighted by Gasteiger charge is -2.02. The average Bonchev–Trinajstić information content (AvgIpc) is 2.89. The van der Waals surface area contributed by atoms with E-state index in [1.807, 2.05) is 12.1 Å². The van der Waals surface area contributed by atoms with Gasteiger partial charge in [0.15, 0.2) is 5.76 Å². The van der Waals surface area contributed by atoms with E-state index in [1.54, 1.807) is 31.2 Å². The lowest BCUT2D eigenvalue weighted by molar-refractivity contribution is 0.0927. The van der Waals surface area contributed by atoms with Crippen molar-refractivity contribution in [3.05, 3.63) is 54.0 Å². The third kappa shape index (κ3) is 2.76. The Bertz CT molecular complexity index is 574. The maximum atomic E-state index is 11.6. The Morgan fingerprint density at radius 3 is 2.83 bits per heavy atom. The van der Waals surface area contributed by atoms with Gasteiger partial charge in [-0.15, -0.1) is 0 Å². The molecule has 0 atom stereocenters. The number of nitrogens with zero attached hydrogens (tertiary/aromatic N) is 1. The number of carbonyl (C=O) groups is 1. The number of nitrogens with two attached hydrogens (primary N) is 1. The summed E-state index contributed by atoms with van der Waals surface area (Å²) >= 11 is 0. The van der Waals surface area contributed by atoms with Crippen LogP contribution in [-0.2, 0) is 0 Å². The van der Waals surface area contributed by atoms with Gasteiger partial charge in [-0.1, -0.05) is 12.1 Å². The molecule has 1 amide bonds. The van der Waals surface area contributed by atoms with Crippen LogP contribution in [0.3, 0.4) is 0 Å². The number of amides is 1. The summed E-state index contributed by atoms with van der Waals surface area (Å²) < 4.78 is 4.95. The van der Waals surface area contributed by atoms with E-state index in [1.165, 1.54) is 6.26 Å². The van der Waals surface area contributed by atoms with Crippen LogP contribution in [0.25, 0.3) is 0 Å². The molecule has 2 aromatic rings. The van der Waals surface area contributed by atoms with Crippen molar-refractivity contribution >= 4 is 17.3 Å². The van der Waals surface area contributed by atoms with Crippen molar-refractivity contribution in [2.24, 2.45) is 5.10 Å². The molecule has 0 saturated carbocycles. The van der Waals surface area contributed by atoms with E-state index in [0.717, 1.165) is 5.56 Å². The SMILES string of the molecule is C/C(=N/NC(=O)c1ccco1)c1cccc(N)c1. The standard InChI is InChI=1S/C13H13N3O2/c1-9(10-4-2-5-11(14)8-10)15-16-13(17)12-6-3-7-18-12/h2-8H,14H2,1H3,(H,16,17)/b15-9-. The van der Waals surface area contributed by atoms with Crippen molar-refractivity contribution in [2.45, 2.75) is 6.92 Å². The first-order valence-electron chi connectivity index (χ1n) is 5.41. The summed E-state index contributed by atoms with van der Waals surface area (Å²) in [5.41, 5.74) is 10.3. The highest BCUT2D eigenvalue weighted by molar-refractivity contribution is 6.00. The molecule has 2 rings (SSSR count). The van der Waals surface area contributed by atoms with Crippen LogP contribution in [0.5, 0.6) is 0 Å². The van der Waals surface area contributed by atoms with Crippen molar-refractivity contribution in [3.63, 3.8) is 0 Å². The molecule has 0 saturated heterocycles. The summed E-state index contributed by atoms with van der Waals surface area (Å²) in [4.78, 5) is 11.6. The lowest BCUT2D eigenvalue weighted by atomic mass is 10.1. The molecule has 5 nitrogen and oxygen atoms in total. The molecule has 0 aliphatic carbocycles. The van der Waals surface area contributed by atoms with Gasteiger partial charge in [-0.25, -0.2) is 5.43 Å². The van der Waals surface area contributed by atoms with Crippen LogP contribution >= 0.6 is 0 Å². The molecule has 1 heterocycles. The Labute approximate surface area is 104 Å². The fourth-order valence-electron chi connectivity index (χ4n) is 1.43. The minimum Gasteiger partial charge on any atom is -0.459 e. The molecular weight excluding hydrogens is 230 g/mol. The molecule has 0 unspecified atom stereocenters. The summed E-state index contributed by atoms with van der Waals surface area (Å²) in [6.07, 6.45) is 1.43. The first-order chi connectivity index (χ1) is 8.66. The maximum absolute atomic E-state index is 11.6. The number of nitrogens with one attached hydrogen (secondary N) is 1. The molecule has 18 heavy (non-hydrogen) atoms. The molecule has 0 spiro atoms. The number of benzene rings is 1. The molecule has 92 valence electrons. The van der Waals surface area contributed by atoms with Gasteiger partial charge in [0.25, 0.3) is 0 Å². The summed E-state index contributed by atoms with van der Waals surface area (Å²) in [6.45, 7) is 1.79. The largest absolute Gasteiger partial charge is 0.459 e. The predicted octanol–water partition coefficient (Wildman–Crippen LogP) is 2.02. The highest BCUT2D eigenvalue weighted by atomic mass is 16.3. The number of furan rings is 1. The molecule has 1 aromatic carbocycles. The van der Waals surface area contributed by atoms with E-state index >= 15 is 0 Å². The van der Waals surface area contributed by atoms with E-state index in [2.05, 4.69) is 10.5 Å². The second-order valence-corrected chi connectivity index (χ2v) is 3.74. The van der Waals surface area contributed by atoms with Crippen molar-refractivity contribution in [3.8, 4) is 0 Å². The second-order valence-electron chi connectivity index (χ2n) is 3.74. The number of anilines is 1. The zero-order valence-electron chi connectivity index (χ0n) is 9.88. The van der Waals surface area contributed by atoms with Crippen LogP contribution in [0.2, 0.25) is 0 Å². The number of carbonyl (C=O) groups excluding carboxylic acids is 1. The number of nitrogen functional groups attached to an aromatic ring is 1. The van der Waals surface area contributed by atoms with Crippen molar-refractivity contribution in [2.75, 3.05) is 5.73 Å². The summed E-state index contributed by atoms with van der Waals surface area (Å²) in [5.74, 6) is -0.164. The van der Waals surface area contributed by atoms with Gasteiger partial charge in [0.1, 0.15) is 0 Å². The molecule has 0 aliphatic rings. The fourth-order valence-corrected chi connectivity index (χ4v) is 1.43. The van der Waals surface area contributed by atoms with Crippen molar-refractivity contribution in [1.82, 2.24) is 5.43 Å². The molecule has 0 fully saturated rings. The van der Waals surface area contributed by atoms with E-state index in [9.17, 15) is 4.79 Å². The number of hydrogen-bond acceptors (Lipinski definition) is 4. The van der Waals surface area contributed by atoms with Crippen LogP contribution in [0.4, 0.5) is 5.69 Å². The van der Waals surface area contributed by atoms with Gasteiger partial charge in [-0.2, -0.15) is 5.10 Å². The van der Waals surface area contributed by atoms with Gasteiger partial charge in [0, 0.05) is 5.69 Å². The maximum Gasteiger partial charge on any atom is 0.307 e. The number of hydrazone groups is 1. The van der Waals surface area contributed by atoms with Crippen LogP contribution in [0.15, 0.2) is 52.2 Å². The predicted molar refractivity (Wildman–Crippen MR) is 69.2 cm³/mol. The van der Waals surface area contributed by atoms with Gasteiger partial charge in [0.2, 0.25) is 0 Å². The third-order valence-corrected chi connectivity index (χ3v) is 2.37. The van der Waals surface area contributed by atoms with Gasteiger partial charge >= 0.3 is 5.91 Å². The molecular formula is C13H13N3O2. The number of hydrogen-bond donors (Lipinski definition) is 2. The molecule has 0 aliphatic heterocycles. The summed E-state index contributed by atoms with van der Waals surface area (Å²) in [5, 5.41) is 3.99. The zero-order chi connectivity index (χ0) is 13.0. The first kappa shape index (κ1) is 11.9. The average molecular weight is 243 g/mol. The normalized spacial score (nSPS) is 11.3. The number of rotatable bonds is 3. The van der Waals surface area contributed by atoms with Crippen molar-refractivity contribution < 1.29 is 9.21 Å². The van der Waals surface area contributed by atoms with Gasteiger partial charge in [-0.3, -0.25) is 4.79 Å². The Morgan fingerprint density at radius 2 is 2.17 bits per heavy atom. The Kier molecular flexibility index (Phi) is 3.43. The van der Waals surface area contributed by atoms with Crippen LogP contribution in [0, 0.1) is 0 Å². The molecule has 3 N–H and O–H groups in total. The van der Waals surface area contributed by atoms with Crippen LogP contribution in [-0.4, -0.2) is 11.6 Å². The van der Waals surface area contributed by atoms with E-state index in [4.69, 9.17) is 10.2 Å². The highest BCUT2D eigenvalue weighted by Crippen LogP contribution is 2.07. The smallest absolute Gasteiger partial charge is 0.307 e. The monoisotopic (exact) mass is 243 g/mol. The quantitative estimate of drug-likeness (QED) is 0.491. The zero-order valence-corrected chi connectivity index (χ0v) is 9.88. The summed E-state index contributed by atoms with van der Waals surface area (Å²) in [7, 11) is 0. The third-order valence-electron chi connectivity index (χ3n) is 2.37. The second kappa shape index (κ2) is 5.18. The topological polar surface area (TPSA) is 80.6 Å². The van der Waals surface area contributed by atoms with E-state index in [0.29, 0.717) is 11.4 Å². The van der Waals surface area contributed by atoms with Crippen molar-refractivity contribution in [1.29, 1.82) is 0 Å². The minimum atomic E-state index is -0.386. The van der Waals surface area contributed by atoms with Gasteiger partial charge < -0.3 is 10.2 Å².